The highest BCUT2D eigenvalue weighted by Crippen LogP contribution is 2.34. The lowest BCUT2D eigenvalue weighted by Crippen LogP contribution is -2.07. The molecule has 0 heterocycles. The van der Waals surface area contributed by atoms with Gasteiger partial charge >= 0.3 is 7.32 Å². The summed E-state index contributed by atoms with van der Waals surface area (Å²) in [4.78, 5) is 10.5. The molecular formula is C13H15BClNO5. The molecule has 2 aromatic carbocycles. The Morgan fingerprint density at radius 2 is 1.52 bits per heavy atom. The Morgan fingerprint density at radius 3 is 1.95 bits per heavy atom. The predicted octanol–water partition coefficient (Wildman–Crippen LogP) is 0.824. The molecule has 0 fully saturated rings. The Labute approximate surface area is 128 Å². The normalized spacial score (nSPS) is 8.90. The van der Waals surface area contributed by atoms with Crippen LogP contribution >= 0.6 is 12.4 Å². The fourth-order valence-corrected chi connectivity index (χ4v) is 1.60. The van der Waals surface area contributed by atoms with Gasteiger partial charge in [-0.1, -0.05) is 30.3 Å². The monoisotopic (exact) mass is 311 g/mol. The standard InChI is InChI=1S/C13H11NO2.BH3O3.ClH/c14-11-2-1-3-12(16)13(11)10-6-4-9(8-15)5-7-10;2-1(3)4;/h1-8,16H,14H2;2-4H;1H. The van der Waals surface area contributed by atoms with Crippen LogP contribution in [0.4, 0.5) is 5.69 Å². The zero-order chi connectivity index (χ0) is 15.1. The summed E-state index contributed by atoms with van der Waals surface area (Å²) in [7, 11) is -2.17. The van der Waals surface area contributed by atoms with Gasteiger partial charge in [-0.2, -0.15) is 0 Å². The largest absolute Gasteiger partial charge is 0.631 e. The minimum Gasteiger partial charge on any atom is -0.507 e. The fraction of sp³-hybridized carbons (Fsp3) is 0. The molecule has 0 radical (unpaired) electrons. The van der Waals surface area contributed by atoms with Crippen molar-refractivity contribution in [3.63, 3.8) is 0 Å². The van der Waals surface area contributed by atoms with E-state index in [2.05, 4.69) is 0 Å². The Bertz CT molecular complexity index is 554. The topological polar surface area (TPSA) is 124 Å². The summed E-state index contributed by atoms with van der Waals surface area (Å²) >= 11 is 0. The molecule has 0 aliphatic heterocycles. The maximum Gasteiger partial charge on any atom is 0.631 e. The highest BCUT2D eigenvalue weighted by atomic mass is 35.5. The number of halogens is 1. The molecule has 0 spiro atoms. The van der Waals surface area contributed by atoms with Crippen LogP contribution in [-0.2, 0) is 0 Å². The molecule has 0 saturated carbocycles. The van der Waals surface area contributed by atoms with E-state index in [0.717, 1.165) is 11.8 Å². The van der Waals surface area contributed by atoms with Crippen LogP contribution in [0, 0.1) is 0 Å². The molecule has 2 rings (SSSR count). The molecule has 21 heavy (non-hydrogen) atoms. The second-order valence-electron chi connectivity index (χ2n) is 3.83. The molecule has 6 N–H and O–H groups in total. The number of phenols is 1. The van der Waals surface area contributed by atoms with Crippen molar-refractivity contribution in [3.05, 3.63) is 48.0 Å². The summed E-state index contributed by atoms with van der Waals surface area (Å²) in [6.45, 7) is 0. The number of benzene rings is 2. The summed E-state index contributed by atoms with van der Waals surface area (Å²) in [6.07, 6.45) is 0.776. The first-order valence-electron chi connectivity index (χ1n) is 5.63. The second-order valence-corrected chi connectivity index (χ2v) is 3.83. The van der Waals surface area contributed by atoms with Crippen LogP contribution in [0.15, 0.2) is 42.5 Å². The van der Waals surface area contributed by atoms with Crippen molar-refractivity contribution in [2.24, 2.45) is 0 Å². The highest BCUT2D eigenvalue weighted by Gasteiger charge is 2.07. The lowest BCUT2D eigenvalue weighted by Gasteiger charge is -2.08. The molecule has 0 atom stereocenters. The number of nitrogen functional groups attached to an aromatic ring is 1. The van der Waals surface area contributed by atoms with E-state index in [1.165, 1.54) is 0 Å². The van der Waals surface area contributed by atoms with Gasteiger partial charge < -0.3 is 25.9 Å². The van der Waals surface area contributed by atoms with E-state index in [0.29, 0.717) is 16.8 Å². The average Bonchev–Trinajstić information content (AvgIpc) is 2.38. The van der Waals surface area contributed by atoms with Crippen LogP contribution in [0.2, 0.25) is 0 Å². The van der Waals surface area contributed by atoms with Gasteiger partial charge in [0.05, 0.1) is 0 Å². The smallest absolute Gasteiger partial charge is 0.507 e. The zero-order valence-electron chi connectivity index (χ0n) is 10.9. The highest BCUT2D eigenvalue weighted by molar-refractivity contribution is 6.30. The van der Waals surface area contributed by atoms with Gasteiger partial charge in [0, 0.05) is 16.8 Å². The first kappa shape index (κ1) is 18.9. The number of hydrogen-bond donors (Lipinski definition) is 5. The van der Waals surface area contributed by atoms with Gasteiger partial charge in [-0.25, -0.2) is 0 Å². The van der Waals surface area contributed by atoms with Gasteiger partial charge in [0.15, 0.2) is 0 Å². The SMILES string of the molecule is Cl.Nc1cccc(O)c1-c1ccc(C=O)cc1.OB(O)O. The molecule has 0 aromatic heterocycles. The minimum atomic E-state index is -2.17. The van der Waals surface area contributed by atoms with Gasteiger partial charge in [-0.3, -0.25) is 4.79 Å². The number of nitrogens with two attached hydrogens (primary N) is 1. The van der Waals surface area contributed by atoms with Gasteiger partial charge in [0.2, 0.25) is 0 Å². The van der Waals surface area contributed by atoms with Crippen LogP contribution in [0.3, 0.4) is 0 Å². The van der Waals surface area contributed by atoms with Crippen molar-refractivity contribution in [3.8, 4) is 16.9 Å². The molecule has 112 valence electrons. The third kappa shape index (κ3) is 5.84. The van der Waals surface area contributed by atoms with E-state index in [4.69, 9.17) is 20.8 Å². The quantitative estimate of drug-likeness (QED) is 0.318. The molecule has 6 nitrogen and oxygen atoms in total. The number of rotatable bonds is 2. The average molecular weight is 312 g/mol. The van der Waals surface area contributed by atoms with Gasteiger partial charge in [-0.15, -0.1) is 12.4 Å². The Balaban J connectivity index is 0.000000715. The summed E-state index contributed by atoms with van der Waals surface area (Å²) in [5, 5.41) is 31.2. The Hall–Kier alpha value is -2.06. The van der Waals surface area contributed by atoms with Crippen molar-refractivity contribution in [2.75, 3.05) is 5.73 Å². The van der Waals surface area contributed by atoms with E-state index in [1.54, 1.807) is 42.5 Å². The van der Waals surface area contributed by atoms with Crippen molar-refractivity contribution >= 4 is 31.7 Å². The number of carbonyl (C=O) groups is 1. The van der Waals surface area contributed by atoms with E-state index in [-0.39, 0.29) is 18.2 Å². The summed E-state index contributed by atoms with van der Waals surface area (Å²) in [6, 6.07) is 11.9. The number of phenolic OH excluding ortho intramolecular Hbond substituents is 1. The molecule has 0 aliphatic rings. The number of anilines is 1. The first-order chi connectivity index (χ1) is 9.45. The summed E-state index contributed by atoms with van der Waals surface area (Å²) in [5.41, 5.74) is 8.29. The van der Waals surface area contributed by atoms with Crippen LogP contribution in [0.5, 0.6) is 5.75 Å². The van der Waals surface area contributed by atoms with Crippen molar-refractivity contribution in [2.45, 2.75) is 0 Å². The van der Waals surface area contributed by atoms with E-state index in [1.807, 2.05) is 0 Å². The van der Waals surface area contributed by atoms with Gasteiger partial charge in [0.1, 0.15) is 12.0 Å². The maximum absolute atomic E-state index is 10.5. The van der Waals surface area contributed by atoms with Crippen molar-refractivity contribution in [1.29, 1.82) is 0 Å². The lowest BCUT2D eigenvalue weighted by molar-refractivity contribution is 0.112. The van der Waals surface area contributed by atoms with Gasteiger partial charge in [-0.05, 0) is 17.7 Å². The van der Waals surface area contributed by atoms with Crippen molar-refractivity contribution in [1.82, 2.24) is 0 Å². The van der Waals surface area contributed by atoms with Crippen LogP contribution in [-0.4, -0.2) is 33.8 Å². The zero-order valence-corrected chi connectivity index (χ0v) is 11.7. The molecule has 0 amide bonds. The minimum absolute atomic E-state index is 0. The van der Waals surface area contributed by atoms with E-state index < -0.39 is 7.32 Å². The van der Waals surface area contributed by atoms with Crippen molar-refractivity contribution < 1.29 is 25.0 Å². The molecule has 2 aromatic rings. The maximum atomic E-state index is 10.5. The second kappa shape index (κ2) is 8.99. The number of carbonyl (C=O) groups excluding carboxylic acids is 1. The van der Waals surface area contributed by atoms with Crippen LogP contribution in [0.1, 0.15) is 10.4 Å². The first-order valence-corrected chi connectivity index (χ1v) is 5.63. The van der Waals surface area contributed by atoms with Gasteiger partial charge in [0.25, 0.3) is 0 Å². The number of hydrogen-bond acceptors (Lipinski definition) is 6. The fourth-order valence-electron chi connectivity index (χ4n) is 1.60. The van der Waals surface area contributed by atoms with Crippen LogP contribution < -0.4 is 5.73 Å². The van der Waals surface area contributed by atoms with E-state index >= 15 is 0 Å². The Morgan fingerprint density at radius 1 is 1.00 bits per heavy atom. The predicted molar refractivity (Wildman–Crippen MR) is 83.0 cm³/mol. The summed E-state index contributed by atoms with van der Waals surface area (Å²) < 4.78 is 0. The molecular weight excluding hydrogens is 296 g/mol. The molecule has 0 bridgehead atoms. The number of aldehydes is 1. The number of aromatic hydroxyl groups is 1. The van der Waals surface area contributed by atoms with Crippen LogP contribution in [0.25, 0.3) is 11.1 Å². The molecule has 0 saturated heterocycles. The third-order valence-corrected chi connectivity index (χ3v) is 2.41. The lowest BCUT2D eigenvalue weighted by atomic mass is 10.0. The van der Waals surface area contributed by atoms with E-state index in [9.17, 15) is 9.90 Å². The molecule has 8 heteroatoms. The third-order valence-electron chi connectivity index (χ3n) is 2.41. The molecule has 0 unspecified atom stereocenters. The Kier molecular flexibility index (Phi) is 8.11. The summed E-state index contributed by atoms with van der Waals surface area (Å²) in [5.74, 6) is 0.138. The molecule has 0 aliphatic carbocycles.